The average molecular weight is 293 g/mol. The first-order valence-electron chi connectivity index (χ1n) is 6.74. The maximum atomic E-state index is 6.27. The number of nitrogens with zero attached hydrogens (tertiary/aromatic N) is 3. The molecule has 1 aromatic heterocycles. The van der Waals surface area contributed by atoms with Gasteiger partial charge in [-0.25, -0.2) is 0 Å². The molecule has 20 heavy (non-hydrogen) atoms. The molecule has 0 atom stereocenters. The third kappa shape index (κ3) is 3.07. The summed E-state index contributed by atoms with van der Waals surface area (Å²) in [5.74, 6) is 0. The molecule has 2 rings (SSSR count). The van der Waals surface area contributed by atoms with E-state index in [2.05, 4.69) is 23.5 Å². The first kappa shape index (κ1) is 14.7. The molecule has 1 heterocycles. The Hall–Kier alpha value is -1.68. The summed E-state index contributed by atoms with van der Waals surface area (Å²) in [4.78, 5) is 2.02. The molecule has 108 valence electrons. The topological polar surface area (TPSA) is 33.1 Å². The van der Waals surface area contributed by atoms with Gasteiger partial charge in [0, 0.05) is 39.4 Å². The van der Waals surface area contributed by atoms with E-state index in [0.29, 0.717) is 0 Å². The highest BCUT2D eigenvalue weighted by atomic mass is 35.5. The van der Waals surface area contributed by atoms with E-state index in [1.54, 1.807) is 0 Å². The van der Waals surface area contributed by atoms with Gasteiger partial charge in [0.05, 0.1) is 22.1 Å². The summed E-state index contributed by atoms with van der Waals surface area (Å²) in [6, 6.07) is 5.91. The molecule has 0 amide bonds. The quantitative estimate of drug-likeness (QED) is 0.918. The summed E-state index contributed by atoms with van der Waals surface area (Å²) < 4.78 is 1.86. The maximum absolute atomic E-state index is 6.27. The number of halogens is 1. The van der Waals surface area contributed by atoms with Gasteiger partial charge in [-0.2, -0.15) is 5.10 Å². The lowest BCUT2D eigenvalue weighted by molar-refractivity contribution is 0.746. The summed E-state index contributed by atoms with van der Waals surface area (Å²) in [5, 5.41) is 8.67. The van der Waals surface area contributed by atoms with Gasteiger partial charge in [0.15, 0.2) is 0 Å². The zero-order valence-electron chi connectivity index (χ0n) is 12.4. The van der Waals surface area contributed by atoms with Crippen LogP contribution in [0.5, 0.6) is 0 Å². The van der Waals surface area contributed by atoms with E-state index < -0.39 is 0 Å². The fraction of sp³-hybridized carbons (Fsp3) is 0.400. The Balaban J connectivity index is 2.21. The van der Waals surface area contributed by atoms with Crippen molar-refractivity contribution >= 4 is 23.0 Å². The minimum Gasteiger partial charge on any atom is -0.379 e. The highest BCUT2D eigenvalue weighted by Gasteiger charge is 2.10. The number of aromatic nitrogens is 2. The van der Waals surface area contributed by atoms with Gasteiger partial charge in [-0.15, -0.1) is 0 Å². The summed E-state index contributed by atoms with van der Waals surface area (Å²) >= 11 is 6.27. The minimum absolute atomic E-state index is 0.748. The molecule has 0 bridgehead atoms. The predicted molar refractivity (Wildman–Crippen MR) is 85.7 cm³/mol. The minimum atomic E-state index is 0.748. The lowest BCUT2D eigenvalue weighted by atomic mass is 10.2. The van der Waals surface area contributed by atoms with E-state index in [4.69, 9.17) is 11.6 Å². The summed E-state index contributed by atoms with van der Waals surface area (Å²) in [7, 11) is 5.94. The van der Waals surface area contributed by atoms with Crippen molar-refractivity contribution in [3.63, 3.8) is 0 Å². The molecule has 0 saturated carbocycles. The van der Waals surface area contributed by atoms with Crippen molar-refractivity contribution in [3.8, 4) is 0 Å². The molecular formula is C15H21ClN4. The van der Waals surface area contributed by atoms with Crippen LogP contribution < -0.4 is 10.2 Å². The van der Waals surface area contributed by atoms with E-state index in [9.17, 15) is 0 Å². The second kappa shape index (κ2) is 6.18. The van der Waals surface area contributed by atoms with Crippen LogP contribution in [0.25, 0.3) is 0 Å². The number of hydrogen-bond donors (Lipinski definition) is 1. The van der Waals surface area contributed by atoms with Gasteiger partial charge < -0.3 is 10.2 Å². The molecule has 1 N–H and O–H groups in total. The van der Waals surface area contributed by atoms with Crippen molar-refractivity contribution in [1.82, 2.24) is 9.78 Å². The number of anilines is 2. The number of nitrogens with one attached hydrogen (secondary N) is 1. The number of rotatable bonds is 5. The normalized spacial score (nSPS) is 10.7. The van der Waals surface area contributed by atoms with Crippen LogP contribution in [0.3, 0.4) is 0 Å². The van der Waals surface area contributed by atoms with Crippen molar-refractivity contribution in [2.75, 3.05) is 24.3 Å². The largest absolute Gasteiger partial charge is 0.379 e. The van der Waals surface area contributed by atoms with Crippen LogP contribution >= 0.6 is 11.6 Å². The van der Waals surface area contributed by atoms with Gasteiger partial charge in [0.2, 0.25) is 0 Å². The van der Waals surface area contributed by atoms with Gasteiger partial charge in [0.25, 0.3) is 0 Å². The van der Waals surface area contributed by atoms with Crippen molar-refractivity contribution in [2.45, 2.75) is 19.9 Å². The van der Waals surface area contributed by atoms with Gasteiger partial charge in [-0.05, 0) is 18.6 Å². The SMILES string of the molecule is CCc1nn(C)cc1CNc1cccc(Cl)c1N(C)C. The van der Waals surface area contributed by atoms with Gasteiger partial charge in [-0.1, -0.05) is 24.6 Å². The van der Waals surface area contributed by atoms with Crippen LogP contribution in [0, 0.1) is 0 Å². The number of para-hydroxylation sites is 1. The number of benzene rings is 1. The lowest BCUT2D eigenvalue weighted by Crippen LogP contribution is -2.13. The van der Waals surface area contributed by atoms with Gasteiger partial charge in [0.1, 0.15) is 0 Å². The Labute approximate surface area is 125 Å². The molecule has 0 saturated heterocycles. The highest BCUT2D eigenvalue weighted by Crippen LogP contribution is 2.32. The van der Waals surface area contributed by atoms with Crippen LogP contribution in [-0.2, 0) is 20.0 Å². The molecule has 5 heteroatoms. The monoisotopic (exact) mass is 292 g/mol. The molecule has 0 aliphatic carbocycles. The smallest absolute Gasteiger partial charge is 0.0786 e. The summed E-state index contributed by atoms with van der Waals surface area (Å²) in [5.41, 5.74) is 4.40. The fourth-order valence-corrected chi connectivity index (χ4v) is 2.68. The Morgan fingerprint density at radius 1 is 1.35 bits per heavy atom. The molecule has 0 radical (unpaired) electrons. The molecule has 0 unspecified atom stereocenters. The van der Waals surface area contributed by atoms with Crippen LogP contribution in [0.1, 0.15) is 18.2 Å². The first-order chi connectivity index (χ1) is 9.52. The van der Waals surface area contributed by atoms with Crippen molar-refractivity contribution in [1.29, 1.82) is 0 Å². The molecule has 0 spiro atoms. The van der Waals surface area contributed by atoms with Gasteiger partial charge >= 0.3 is 0 Å². The van der Waals surface area contributed by atoms with E-state index in [1.165, 1.54) is 5.56 Å². The molecule has 0 fully saturated rings. The standard InChI is InChI=1S/C15H21ClN4/c1-5-13-11(10-20(4)18-13)9-17-14-8-6-7-12(16)15(14)19(2)3/h6-8,10,17H,5,9H2,1-4H3. The molecular weight excluding hydrogens is 272 g/mol. The van der Waals surface area contributed by atoms with Crippen LogP contribution in [-0.4, -0.2) is 23.9 Å². The second-order valence-electron chi connectivity index (χ2n) is 5.01. The zero-order chi connectivity index (χ0) is 14.7. The lowest BCUT2D eigenvalue weighted by Gasteiger charge is -2.20. The highest BCUT2D eigenvalue weighted by molar-refractivity contribution is 6.34. The number of aryl methyl sites for hydroxylation is 2. The Bertz CT molecular complexity index is 590. The molecule has 2 aromatic rings. The third-order valence-corrected chi connectivity index (χ3v) is 3.53. The van der Waals surface area contributed by atoms with E-state index >= 15 is 0 Å². The van der Waals surface area contributed by atoms with Crippen LogP contribution in [0.15, 0.2) is 24.4 Å². The van der Waals surface area contributed by atoms with Crippen LogP contribution in [0.4, 0.5) is 11.4 Å². The van der Waals surface area contributed by atoms with Crippen molar-refractivity contribution in [3.05, 3.63) is 40.7 Å². The van der Waals surface area contributed by atoms with Gasteiger partial charge in [-0.3, -0.25) is 4.68 Å². The fourth-order valence-electron chi connectivity index (χ4n) is 2.33. The molecule has 1 aromatic carbocycles. The maximum Gasteiger partial charge on any atom is 0.0786 e. The van der Waals surface area contributed by atoms with E-state index in [0.717, 1.165) is 35.1 Å². The average Bonchev–Trinajstić information content (AvgIpc) is 2.76. The first-order valence-corrected chi connectivity index (χ1v) is 7.11. The Morgan fingerprint density at radius 3 is 2.75 bits per heavy atom. The second-order valence-corrected chi connectivity index (χ2v) is 5.42. The molecule has 4 nitrogen and oxygen atoms in total. The zero-order valence-corrected chi connectivity index (χ0v) is 13.2. The third-order valence-electron chi connectivity index (χ3n) is 3.23. The Morgan fingerprint density at radius 2 is 2.10 bits per heavy atom. The van der Waals surface area contributed by atoms with E-state index in [-0.39, 0.29) is 0 Å². The summed E-state index contributed by atoms with van der Waals surface area (Å²) in [6.45, 7) is 2.87. The van der Waals surface area contributed by atoms with Crippen LogP contribution in [0.2, 0.25) is 5.02 Å². The van der Waals surface area contributed by atoms with Crippen molar-refractivity contribution in [2.24, 2.45) is 7.05 Å². The van der Waals surface area contributed by atoms with E-state index in [1.807, 2.05) is 48.9 Å². The number of hydrogen-bond acceptors (Lipinski definition) is 3. The molecule has 0 aliphatic heterocycles. The molecule has 0 aliphatic rings. The Kier molecular flexibility index (Phi) is 4.55. The van der Waals surface area contributed by atoms with Crippen molar-refractivity contribution < 1.29 is 0 Å². The predicted octanol–water partition coefficient (Wildman–Crippen LogP) is 3.31. The summed E-state index contributed by atoms with van der Waals surface area (Å²) in [6.07, 6.45) is 3.00.